The van der Waals surface area contributed by atoms with Crippen LogP contribution in [0, 0.1) is 0 Å². The number of likely N-dealkylation sites (tertiary alicyclic amines) is 1. The minimum Gasteiger partial charge on any atom is -0.480 e. The van der Waals surface area contributed by atoms with Gasteiger partial charge in [-0.2, -0.15) is 0 Å². The van der Waals surface area contributed by atoms with Crippen molar-refractivity contribution in [1.82, 2.24) is 4.90 Å². The van der Waals surface area contributed by atoms with Gasteiger partial charge in [-0.05, 0) is 28.7 Å². The molecule has 6 heteroatoms. The van der Waals surface area contributed by atoms with Gasteiger partial charge in [-0.25, -0.2) is 14.0 Å². The van der Waals surface area contributed by atoms with Crippen molar-refractivity contribution in [3.05, 3.63) is 59.7 Å². The Bertz CT molecular complexity index is 838. The van der Waals surface area contributed by atoms with Crippen molar-refractivity contribution >= 4 is 12.1 Å². The molecule has 0 unspecified atom stereocenters. The van der Waals surface area contributed by atoms with Crippen LogP contribution in [-0.4, -0.2) is 47.4 Å². The van der Waals surface area contributed by atoms with Crippen LogP contribution in [-0.2, 0) is 9.53 Å². The predicted molar refractivity (Wildman–Crippen MR) is 97.3 cm³/mol. The first-order chi connectivity index (χ1) is 13.1. The molecule has 1 aliphatic heterocycles. The number of benzene rings is 2. The van der Waals surface area contributed by atoms with Crippen molar-refractivity contribution in [1.29, 1.82) is 0 Å². The van der Waals surface area contributed by atoms with Gasteiger partial charge in [0.2, 0.25) is 0 Å². The van der Waals surface area contributed by atoms with Crippen LogP contribution in [0.4, 0.5) is 9.18 Å². The molecular formula is C21H20FNO4. The fraction of sp³-hybridized carbons (Fsp3) is 0.333. The molecule has 5 nitrogen and oxygen atoms in total. The summed E-state index contributed by atoms with van der Waals surface area (Å²) < 4.78 is 19.0. The maximum absolute atomic E-state index is 13.6. The maximum atomic E-state index is 13.6. The van der Waals surface area contributed by atoms with Crippen LogP contribution >= 0.6 is 0 Å². The molecule has 0 spiro atoms. The molecule has 1 N–H and O–H groups in total. The summed E-state index contributed by atoms with van der Waals surface area (Å²) in [6.07, 6.45) is -1.96. The zero-order valence-corrected chi connectivity index (χ0v) is 14.7. The second-order valence-electron chi connectivity index (χ2n) is 6.97. The van der Waals surface area contributed by atoms with Crippen LogP contribution in [0.2, 0.25) is 0 Å². The van der Waals surface area contributed by atoms with E-state index in [1.807, 2.05) is 48.5 Å². The van der Waals surface area contributed by atoms with E-state index in [2.05, 4.69) is 0 Å². The number of piperidine rings is 1. The SMILES string of the molecule is O=C(O)[C@@H]1C[C@H](F)CCN1C(=O)OCC1c2ccccc2-c2ccccc21. The maximum Gasteiger partial charge on any atom is 0.410 e. The van der Waals surface area contributed by atoms with Crippen molar-refractivity contribution in [2.75, 3.05) is 13.2 Å². The summed E-state index contributed by atoms with van der Waals surface area (Å²) in [7, 11) is 0. The Morgan fingerprint density at radius 1 is 1.07 bits per heavy atom. The molecule has 1 saturated heterocycles. The van der Waals surface area contributed by atoms with E-state index in [9.17, 15) is 19.1 Å². The lowest BCUT2D eigenvalue weighted by Crippen LogP contribution is -2.51. The Labute approximate surface area is 156 Å². The highest BCUT2D eigenvalue weighted by Crippen LogP contribution is 2.44. The van der Waals surface area contributed by atoms with E-state index < -0.39 is 24.3 Å². The third-order valence-electron chi connectivity index (χ3n) is 5.39. The average molecular weight is 369 g/mol. The first-order valence-corrected chi connectivity index (χ1v) is 9.04. The fourth-order valence-corrected chi connectivity index (χ4v) is 4.05. The van der Waals surface area contributed by atoms with Crippen LogP contribution in [0.1, 0.15) is 29.9 Å². The number of rotatable bonds is 3. The number of carboxylic acids is 1. The number of carbonyl (C=O) groups excluding carboxylic acids is 1. The van der Waals surface area contributed by atoms with Crippen molar-refractivity contribution in [3.8, 4) is 11.1 Å². The van der Waals surface area contributed by atoms with E-state index in [1.54, 1.807) is 0 Å². The monoisotopic (exact) mass is 369 g/mol. The van der Waals surface area contributed by atoms with Crippen LogP contribution in [0.5, 0.6) is 0 Å². The Morgan fingerprint density at radius 2 is 1.67 bits per heavy atom. The summed E-state index contributed by atoms with van der Waals surface area (Å²) in [5.74, 6) is -1.30. The predicted octanol–water partition coefficient (Wildman–Crippen LogP) is 3.82. The summed E-state index contributed by atoms with van der Waals surface area (Å²) in [4.78, 5) is 25.0. The lowest BCUT2D eigenvalue weighted by atomic mass is 9.98. The van der Waals surface area contributed by atoms with Crippen molar-refractivity contribution in [3.63, 3.8) is 0 Å². The number of alkyl halides is 1. The standard InChI is InChI=1S/C21H20FNO4/c22-13-9-10-23(19(11-13)20(24)25)21(26)27-12-18-16-7-3-1-5-14(16)15-6-2-4-8-17(15)18/h1-8,13,18-19H,9-12H2,(H,24,25)/t13-,19+/m1/s1. The van der Waals surface area contributed by atoms with Gasteiger partial charge in [-0.15, -0.1) is 0 Å². The average Bonchev–Trinajstić information content (AvgIpc) is 3.00. The number of nitrogens with zero attached hydrogens (tertiary/aromatic N) is 1. The van der Waals surface area contributed by atoms with E-state index in [-0.39, 0.29) is 31.9 Å². The smallest absolute Gasteiger partial charge is 0.410 e. The van der Waals surface area contributed by atoms with Gasteiger partial charge in [0.15, 0.2) is 0 Å². The van der Waals surface area contributed by atoms with Crippen LogP contribution in [0.15, 0.2) is 48.5 Å². The first kappa shape index (κ1) is 17.5. The van der Waals surface area contributed by atoms with Gasteiger partial charge in [-0.1, -0.05) is 48.5 Å². The third kappa shape index (κ3) is 3.16. The lowest BCUT2D eigenvalue weighted by Gasteiger charge is -2.33. The molecular weight excluding hydrogens is 349 g/mol. The Balaban J connectivity index is 1.52. The molecule has 140 valence electrons. The molecule has 1 heterocycles. The van der Waals surface area contributed by atoms with E-state index in [0.717, 1.165) is 27.2 Å². The number of carboxylic acid groups (broad SMARTS) is 1. The second-order valence-corrected chi connectivity index (χ2v) is 6.97. The number of fused-ring (bicyclic) bond motifs is 3. The van der Waals surface area contributed by atoms with Crippen LogP contribution in [0.3, 0.4) is 0 Å². The third-order valence-corrected chi connectivity index (χ3v) is 5.39. The first-order valence-electron chi connectivity index (χ1n) is 9.04. The molecule has 1 aliphatic carbocycles. The molecule has 2 aromatic carbocycles. The highest BCUT2D eigenvalue weighted by atomic mass is 19.1. The molecule has 1 fully saturated rings. The molecule has 4 rings (SSSR count). The molecule has 2 atom stereocenters. The minimum atomic E-state index is -1.20. The van der Waals surface area contributed by atoms with Crippen LogP contribution < -0.4 is 0 Å². The van der Waals surface area contributed by atoms with Gasteiger partial charge >= 0.3 is 12.1 Å². The molecule has 1 amide bonds. The van der Waals surface area contributed by atoms with Crippen molar-refractivity contribution < 1.29 is 23.8 Å². The van der Waals surface area contributed by atoms with Crippen molar-refractivity contribution in [2.45, 2.75) is 31.0 Å². The normalized spacial score (nSPS) is 21.4. The Morgan fingerprint density at radius 3 is 2.26 bits per heavy atom. The molecule has 0 bridgehead atoms. The molecule has 0 radical (unpaired) electrons. The van der Waals surface area contributed by atoms with Gasteiger partial charge in [0.05, 0.1) is 0 Å². The lowest BCUT2D eigenvalue weighted by molar-refractivity contribution is -0.144. The van der Waals surface area contributed by atoms with Gasteiger partial charge in [0, 0.05) is 18.9 Å². The zero-order valence-electron chi connectivity index (χ0n) is 14.7. The minimum absolute atomic E-state index is 0.0504. The van der Waals surface area contributed by atoms with Gasteiger partial charge in [-0.3, -0.25) is 4.90 Å². The number of aliphatic carboxylic acids is 1. The Kier molecular flexibility index (Phi) is 4.56. The Hall–Kier alpha value is -2.89. The summed E-state index contributed by atoms with van der Waals surface area (Å²) >= 11 is 0. The van der Waals surface area contributed by atoms with Gasteiger partial charge < -0.3 is 9.84 Å². The number of ether oxygens (including phenoxy) is 1. The van der Waals surface area contributed by atoms with Crippen molar-refractivity contribution in [2.24, 2.45) is 0 Å². The highest BCUT2D eigenvalue weighted by Gasteiger charge is 2.38. The number of amides is 1. The van der Waals surface area contributed by atoms with E-state index in [4.69, 9.17) is 4.74 Å². The summed E-state index contributed by atoms with van der Waals surface area (Å²) in [6, 6.07) is 14.8. The number of carbonyl (C=O) groups is 2. The topological polar surface area (TPSA) is 66.8 Å². The highest BCUT2D eigenvalue weighted by molar-refractivity contribution is 5.81. The summed E-state index contributed by atoms with van der Waals surface area (Å²) in [5.41, 5.74) is 4.42. The zero-order chi connectivity index (χ0) is 19.0. The quantitative estimate of drug-likeness (QED) is 0.893. The van der Waals surface area contributed by atoms with E-state index >= 15 is 0 Å². The van der Waals surface area contributed by atoms with E-state index in [0.29, 0.717) is 0 Å². The van der Waals surface area contributed by atoms with Gasteiger partial charge in [0.1, 0.15) is 18.8 Å². The number of hydrogen-bond acceptors (Lipinski definition) is 3. The second kappa shape index (κ2) is 7.02. The van der Waals surface area contributed by atoms with Crippen LogP contribution in [0.25, 0.3) is 11.1 Å². The number of hydrogen-bond donors (Lipinski definition) is 1. The van der Waals surface area contributed by atoms with E-state index in [1.165, 1.54) is 0 Å². The molecule has 27 heavy (non-hydrogen) atoms. The molecule has 0 aromatic heterocycles. The molecule has 2 aliphatic rings. The largest absolute Gasteiger partial charge is 0.480 e. The summed E-state index contributed by atoms with van der Waals surface area (Å²) in [6.45, 7) is 0.170. The summed E-state index contributed by atoms with van der Waals surface area (Å²) in [5, 5.41) is 9.30. The fourth-order valence-electron chi connectivity index (χ4n) is 4.05. The number of halogens is 1. The van der Waals surface area contributed by atoms with Gasteiger partial charge in [0.25, 0.3) is 0 Å². The molecule has 0 saturated carbocycles. The molecule has 2 aromatic rings.